The van der Waals surface area contributed by atoms with Crippen LogP contribution >= 0.6 is 23.4 Å². The van der Waals surface area contributed by atoms with Crippen LogP contribution in [0.1, 0.15) is 16.7 Å². The molecular formula is C37H32ClN5O2S. The Bertz CT molecular complexity index is 1880. The summed E-state index contributed by atoms with van der Waals surface area (Å²) in [6, 6.07) is 36.0. The van der Waals surface area contributed by atoms with Crippen molar-refractivity contribution < 1.29 is 9.53 Å². The zero-order valence-electron chi connectivity index (χ0n) is 25.1. The molecule has 0 unspecified atom stereocenters. The van der Waals surface area contributed by atoms with Gasteiger partial charge in [-0.05, 0) is 65.4 Å². The van der Waals surface area contributed by atoms with Crippen molar-refractivity contribution in [3.63, 3.8) is 0 Å². The van der Waals surface area contributed by atoms with E-state index in [-0.39, 0.29) is 5.91 Å². The van der Waals surface area contributed by atoms with Crippen LogP contribution in [0.3, 0.4) is 0 Å². The summed E-state index contributed by atoms with van der Waals surface area (Å²) in [4.78, 5) is 22.9. The number of carbonyl (C=O) groups excluding carboxylic acids is 1. The van der Waals surface area contributed by atoms with Crippen LogP contribution in [0.4, 0.5) is 0 Å². The van der Waals surface area contributed by atoms with E-state index >= 15 is 0 Å². The van der Waals surface area contributed by atoms with Gasteiger partial charge in [0.1, 0.15) is 18.1 Å². The summed E-state index contributed by atoms with van der Waals surface area (Å²) in [5.41, 5.74) is 5.75. The molecule has 1 aromatic heterocycles. The van der Waals surface area contributed by atoms with Crippen molar-refractivity contribution in [2.45, 2.75) is 13.2 Å². The number of rotatable bonds is 8. The van der Waals surface area contributed by atoms with Crippen molar-refractivity contribution in [2.75, 3.05) is 26.2 Å². The van der Waals surface area contributed by atoms with E-state index in [0.717, 1.165) is 71.7 Å². The molecule has 3 heterocycles. The average Bonchev–Trinajstić information content (AvgIpc) is 3.69. The van der Waals surface area contributed by atoms with Crippen molar-refractivity contribution in [1.82, 2.24) is 19.6 Å². The molecule has 9 heteroatoms. The van der Waals surface area contributed by atoms with Gasteiger partial charge in [-0.15, -0.1) is 0 Å². The summed E-state index contributed by atoms with van der Waals surface area (Å²) >= 11 is 7.48. The molecule has 0 N–H and O–H groups in total. The molecule has 1 saturated heterocycles. The fourth-order valence-electron chi connectivity index (χ4n) is 5.52. The molecule has 0 bridgehead atoms. The number of para-hydroxylation sites is 1. The molecular weight excluding hydrogens is 614 g/mol. The Labute approximate surface area is 277 Å². The lowest BCUT2D eigenvalue weighted by Gasteiger charge is -2.35. The largest absolute Gasteiger partial charge is 0.489 e. The number of thioether (sulfide) groups is 1. The summed E-state index contributed by atoms with van der Waals surface area (Å²) in [6.07, 6.45) is 3.88. The van der Waals surface area contributed by atoms with Gasteiger partial charge in [0.2, 0.25) is 0 Å². The Morgan fingerprint density at radius 1 is 0.826 bits per heavy atom. The highest BCUT2D eigenvalue weighted by atomic mass is 35.5. The first-order valence-electron chi connectivity index (χ1n) is 15.2. The van der Waals surface area contributed by atoms with E-state index in [1.54, 1.807) is 0 Å². The van der Waals surface area contributed by atoms with Gasteiger partial charge in [-0.1, -0.05) is 84.4 Å². The number of amidine groups is 1. The summed E-state index contributed by atoms with van der Waals surface area (Å²) < 4.78 is 7.97. The summed E-state index contributed by atoms with van der Waals surface area (Å²) in [5.74, 6) is 0.508. The molecule has 0 atom stereocenters. The van der Waals surface area contributed by atoms with E-state index in [2.05, 4.69) is 39.1 Å². The van der Waals surface area contributed by atoms with Crippen molar-refractivity contribution in [1.29, 1.82) is 0 Å². The summed E-state index contributed by atoms with van der Waals surface area (Å²) in [5, 5.41) is 6.43. The monoisotopic (exact) mass is 645 g/mol. The molecule has 46 heavy (non-hydrogen) atoms. The number of piperazine rings is 1. The van der Waals surface area contributed by atoms with Crippen LogP contribution in [-0.2, 0) is 17.9 Å². The number of nitrogens with zero attached hydrogens (tertiary/aromatic N) is 5. The first-order chi connectivity index (χ1) is 22.6. The Balaban J connectivity index is 1.10. The summed E-state index contributed by atoms with van der Waals surface area (Å²) in [6.45, 7) is 4.86. The number of aromatic nitrogens is 2. The standard InChI is InChI=1S/C37H32ClN5O2S/c38-31-16-14-28(15-17-31)26-45-33-13-7-10-29(22-33)35-30(25-43(40-35)32-11-5-2-6-12-32)23-34-36(44)39-37(46-34)42-20-18-41(19-21-42)24-27-8-3-1-4-9-27/h1-17,22-23,25H,18-21,24,26H2. The molecule has 1 fully saturated rings. The van der Waals surface area contributed by atoms with Gasteiger partial charge in [0.15, 0.2) is 5.17 Å². The Morgan fingerprint density at radius 3 is 2.33 bits per heavy atom. The molecule has 0 saturated carbocycles. The van der Waals surface area contributed by atoms with Crippen molar-refractivity contribution in [3.05, 3.63) is 142 Å². The van der Waals surface area contributed by atoms with Gasteiger partial charge < -0.3 is 9.64 Å². The Hall–Kier alpha value is -4.63. The lowest BCUT2D eigenvalue weighted by Crippen LogP contribution is -2.47. The predicted molar refractivity (Wildman–Crippen MR) is 186 cm³/mol. The fourth-order valence-corrected chi connectivity index (χ4v) is 6.61. The molecule has 0 aliphatic carbocycles. The quantitative estimate of drug-likeness (QED) is 0.162. The van der Waals surface area contributed by atoms with E-state index < -0.39 is 0 Å². The van der Waals surface area contributed by atoms with Crippen LogP contribution in [0.5, 0.6) is 5.75 Å². The first kappa shape index (κ1) is 30.0. The highest BCUT2D eigenvalue weighted by Gasteiger charge is 2.29. The zero-order valence-corrected chi connectivity index (χ0v) is 26.7. The number of halogens is 1. The maximum Gasteiger partial charge on any atom is 0.286 e. The molecule has 7 rings (SSSR count). The molecule has 2 aliphatic rings. The second-order valence-corrected chi connectivity index (χ2v) is 12.7. The van der Waals surface area contributed by atoms with Gasteiger partial charge >= 0.3 is 0 Å². The molecule has 7 nitrogen and oxygen atoms in total. The minimum atomic E-state index is -0.217. The number of aliphatic imine (C=N–C) groups is 1. The van der Waals surface area contributed by atoms with Gasteiger partial charge in [-0.3, -0.25) is 9.69 Å². The molecule has 0 spiro atoms. The third-order valence-electron chi connectivity index (χ3n) is 7.98. The lowest BCUT2D eigenvalue weighted by atomic mass is 10.1. The van der Waals surface area contributed by atoms with Crippen LogP contribution < -0.4 is 4.74 Å². The molecule has 1 amide bonds. The molecule has 0 radical (unpaired) electrons. The smallest absolute Gasteiger partial charge is 0.286 e. The number of ether oxygens (including phenoxy) is 1. The Kier molecular flexibility index (Phi) is 9.01. The van der Waals surface area contributed by atoms with E-state index in [9.17, 15) is 4.79 Å². The fraction of sp³-hybridized carbons (Fsp3) is 0.162. The van der Waals surface area contributed by atoms with Gasteiger partial charge in [0, 0.05) is 55.1 Å². The van der Waals surface area contributed by atoms with Gasteiger partial charge in [-0.2, -0.15) is 10.1 Å². The number of hydrogen-bond acceptors (Lipinski definition) is 6. The molecule has 5 aromatic rings. The average molecular weight is 646 g/mol. The molecule has 230 valence electrons. The lowest BCUT2D eigenvalue weighted by molar-refractivity contribution is -0.113. The van der Waals surface area contributed by atoms with Crippen LogP contribution in [-0.4, -0.2) is 56.8 Å². The second-order valence-electron chi connectivity index (χ2n) is 11.2. The number of amides is 1. The Morgan fingerprint density at radius 2 is 1.57 bits per heavy atom. The summed E-state index contributed by atoms with van der Waals surface area (Å²) in [7, 11) is 0. The van der Waals surface area contributed by atoms with E-state index in [0.29, 0.717) is 16.5 Å². The zero-order chi connectivity index (χ0) is 31.3. The van der Waals surface area contributed by atoms with Crippen LogP contribution in [0.25, 0.3) is 23.0 Å². The van der Waals surface area contributed by atoms with Crippen LogP contribution in [0, 0.1) is 0 Å². The van der Waals surface area contributed by atoms with E-state index in [1.165, 1.54) is 17.3 Å². The SMILES string of the molecule is O=C1N=C(N2CCN(Cc3ccccc3)CC2)SC1=Cc1cn(-c2ccccc2)nc1-c1cccc(OCc2ccc(Cl)cc2)c1. The third kappa shape index (κ3) is 7.10. The highest BCUT2D eigenvalue weighted by Crippen LogP contribution is 2.34. The first-order valence-corrected chi connectivity index (χ1v) is 16.4. The van der Waals surface area contributed by atoms with Crippen molar-refractivity contribution >= 4 is 40.5 Å². The van der Waals surface area contributed by atoms with E-state index in [1.807, 2.05) is 102 Å². The van der Waals surface area contributed by atoms with Crippen molar-refractivity contribution in [3.8, 4) is 22.7 Å². The van der Waals surface area contributed by atoms with Gasteiger partial charge in [0.25, 0.3) is 5.91 Å². The topological polar surface area (TPSA) is 63.0 Å². The highest BCUT2D eigenvalue weighted by molar-refractivity contribution is 8.18. The maximum absolute atomic E-state index is 13.2. The maximum atomic E-state index is 13.2. The third-order valence-corrected chi connectivity index (χ3v) is 9.27. The number of carbonyl (C=O) groups is 1. The van der Waals surface area contributed by atoms with Crippen LogP contribution in [0.15, 0.2) is 125 Å². The molecule has 2 aliphatic heterocycles. The second kappa shape index (κ2) is 13.8. The van der Waals surface area contributed by atoms with Crippen LogP contribution in [0.2, 0.25) is 5.02 Å². The molecule has 4 aromatic carbocycles. The van der Waals surface area contributed by atoms with Gasteiger partial charge in [-0.25, -0.2) is 4.68 Å². The van der Waals surface area contributed by atoms with E-state index in [4.69, 9.17) is 21.4 Å². The normalized spacial score (nSPS) is 16.2. The van der Waals surface area contributed by atoms with Crippen molar-refractivity contribution in [2.24, 2.45) is 4.99 Å². The minimum Gasteiger partial charge on any atom is -0.489 e. The number of benzene rings is 4. The number of hydrogen-bond donors (Lipinski definition) is 0. The predicted octanol–water partition coefficient (Wildman–Crippen LogP) is 7.56. The van der Waals surface area contributed by atoms with Gasteiger partial charge in [0.05, 0.1) is 10.6 Å². The minimum absolute atomic E-state index is 0.217.